The Morgan fingerprint density at radius 1 is 1.10 bits per heavy atom. The lowest BCUT2D eigenvalue weighted by molar-refractivity contribution is 0.649. The van der Waals surface area contributed by atoms with Gasteiger partial charge in [0.2, 0.25) is 0 Å². The number of benzene rings is 2. The lowest BCUT2D eigenvalue weighted by Gasteiger charge is -2.14. The highest BCUT2D eigenvalue weighted by Gasteiger charge is 2.09. The van der Waals surface area contributed by atoms with Gasteiger partial charge in [0, 0.05) is 20.3 Å². The molecule has 106 valence electrons. The Morgan fingerprint density at radius 3 is 2.50 bits per heavy atom. The molecule has 2 rings (SSSR count). The van der Waals surface area contributed by atoms with Gasteiger partial charge >= 0.3 is 0 Å². The summed E-state index contributed by atoms with van der Waals surface area (Å²) in [5.41, 5.74) is 3.92. The summed E-state index contributed by atoms with van der Waals surface area (Å²) in [6, 6.07) is 13.5. The summed E-state index contributed by atoms with van der Waals surface area (Å²) in [6.07, 6.45) is 0. The van der Waals surface area contributed by atoms with Crippen molar-refractivity contribution >= 4 is 27.7 Å². The predicted octanol–water partition coefficient (Wildman–Crippen LogP) is 5.50. The fraction of sp³-hybridized carbons (Fsp3) is 0.294. The molecule has 0 aliphatic heterocycles. The number of hydrogen-bond acceptors (Lipinski definition) is 2. The van der Waals surface area contributed by atoms with Crippen molar-refractivity contribution in [1.82, 2.24) is 5.32 Å². The summed E-state index contributed by atoms with van der Waals surface area (Å²) in [5, 5.41) is 3.27. The standard InChI is InChI=1S/C17H20BrNS/c1-11-5-6-12(2)17(9-11)20-14-7-8-15(13(3)19-4)16(18)10-14/h5-10,13,19H,1-4H3. The molecule has 0 heterocycles. The van der Waals surface area contributed by atoms with Crippen LogP contribution in [-0.2, 0) is 0 Å². The van der Waals surface area contributed by atoms with Gasteiger partial charge in [0.1, 0.15) is 0 Å². The first-order valence-corrected chi connectivity index (χ1v) is 8.34. The molecule has 0 saturated carbocycles. The van der Waals surface area contributed by atoms with Crippen LogP contribution in [0.4, 0.5) is 0 Å². The molecule has 0 spiro atoms. The molecule has 3 heteroatoms. The van der Waals surface area contributed by atoms with Crippen LogP contribution in [0, 0.1) is 13.8 Å². The van der Waals surface area contributed by atoms with E-state index in [9.17, 15) is 0 Å². The largest absolute Gasteiger partial charge is 0.313 e. The lowest BCUT2D eigenvalue weighted by atomic mass is 10.1. The van der Waals surface area contributed by atoms with Gasteiger partial charge in [-0.15, -0.1) is 0 Å². The molecule has 2 aromatic carbocycles. The maximum atomic E-state index is 3.68. The van der Waals surface area contributed by atoms with Crippen LogP contribution in [0.15, 0.2) is 50.7 Å². The van der Waals surface area contributed by atoms with Crippen molar-refractivity contribution < 1.29 is 0 Å². The molecule has 0 aliphatic rings. The Labute approximate surface area is 134 Å². The second kappa shape index (κ2) is 6.79. The lowest BCUT2D eigenvalue weighted by Crippen LogP contribution is -2.12. The Bertz CT molecular complexity index is 610. The summed E-state index contributed by atoms with van der Waals surface area (Å²) in [7, 11) is 1.98. The minimum atomic E-state index is 0.351. The van der Waals surface area contributed by atoms with Gasteiger partial charge in [-0.3, -0.25) is 0 Å². The normalized spacial score (nSPS) is 12.4. The first-order valence-electron chi connectivity index (χ1n) is 6.73. The van der Waals surface area contributed by atoms with Crippen LogP contribution in [0.2, 0.25) is 0 Å². The molecule has 1 atom stereocenters. The zero-order chi connectivity index (χ0) is 14.7. The summed E-state index contributed by atoms with van der Waals surface area (Å²) < 4.78 is 1.16. The van der Waals surface area contributed by atoms with Crippen molar-refractivity contribution in [3.8, 4) is 0 Å². The zero-order valence-corrected chi connectivity index (χ0v) is 14.7. The average Bonchev–Trinajstić information content (AvgIpc) is 2.42. The predicted molar refractivity (Wildman–Crippen MR) is 91.7 cm³/mol. The monoisotopic (exact) mass is 349 g/mol. The van der Waals surface area contributed by atoms with Crippen molar-refractivity contribution in [2.24, 2.45) is 0 Å². The van der Waals surface area contributed by atoms with Gasteiger partial charge in [-0.05, 0) is 62.7 Å². The topological polar surface area (TPSA) is 12.0 Å². The molecule has 0 amide bonds. The molecular formula is C17H20BrNS. The van der Waals surface area contributed by atoms with Gasteiger partial charge in [-0.25, -0.2) is 0 Å². The van der Waals surface area contributed by atoms with Crippen molar-refractivity contribution in [3.63, 3.8) is 0 Å². The van der Waals surface area contributed by atoms with Crippen molar-refractivity contribution in [3.05, 3.63) is 57.6 Å². The Balaban J connectivity index is 2.26. The zero-order valence-electron chi connectivity index (χ0n) is 12.3. The van der Waals surface area contributed by atoms with Gasteiger partial charge < -0.3 is 5.32 Å². The van der Waals surface area contributed by atoms with Gasteiger partial charge in [0.15, 0.2) is 0 Å². The molecule has 1 unspecified atom stereocenters. The van der Waals surface area contributed by atoms with Crippen LogP contribution in [0.25, 0.3) is 0 Å². The van der Waals surface area contributed by atoms with Crippen LogP contribution in [0.3, 0.4) is 0 Å². The molecular weight excluding hydrogens is 330 g/mol. The van der Waals surface area contributed by atoms with E-state index in [4.69, 9.17) is 0 Å². The van der Waals surface area contributed by atoms with E-state index >= 15 is 0 Å². The van der Waals surface area contributed by atoms with Crippen LogP contribution in [-0.4, -0.2) is 7.05 Å². The number of hydrogen-bond donors (Lipinski definition) is 1. The van der Waals surface area contributed by atoms with E-state index in [1.807, 2.05) is 18.8 Å². The van der Waals surface area contributed by atoms with Gasteiger partial charge in [0.05, 0.1) is 0 Å². The van der Waals surface area contributed by atoms with Crippen molar-refractivity contribution in [2.45, 2.75) is 36.6 Å². The number of halogens is 1. The third-order valence-electron chi connectivity index (χ3n) is 3.44. The van der Waals surface area contributed by atoms with Gasteiger partial charge in [-0.1, -0.05) is 45.9 Å². The number of rotatable bonds is 4. The van der Waals surface area contributed by atoms with Crippen LogP contribution >= 0.6 is 27.7 Å². The number of aryl methyl sites for hydroxylation is 2. The highest BCUT2D eigenvalue weighted by Crippen LogP contribution is 2.34. The summed E-state index contributed by atoms with van der Waals surface area (Å²) in [4.78, 5) is 2.59. The SMILES string of the molecule is CNC(C)c1ccc(Sc2cc(C)ccc2C)cc1Br. The van der Waals surface area contributed by atoms with Crippen molar-refractivity contribution in [2.75, 3.05) is 7.05 Å². The maximum Gasteiger partial charge on any atom is 0.0300 e. The second-order valence-electron chi connectivity index (χ2n) is 5.06. The Kier molecular flexibility index (Phi) is 5.30. The third-order valence-corrected chi connectivity index (χ3v) is 5.28. The van der Waals surface area contributed by atoms with Crippen LogP contribution in [0.1, 0.15) is 29.7 Å². The summed E-state index contributed by atoms with van der Waals surface area (Å²) in [6.45, 7) is 6.46. The summed E-state index contributed by atoms with van der Waals surface area (Å²) in [5.74, 6) is 0. The minimum absolute atomic E-state index is 0.351. The Morgan fingerprint density at radius 2 is 1.85 bits per heavy atom. The molecule has 0 radical (unpaired) electrons. The van der Waals surface area contributed by atoms with Crippen molar-refractivity contribution in [1.29, 1.82) is 0 Å². The fourth-order valence-electron chi connectivity index (χ4n) is 2.02. The van der Waals surface area contributed by atoms with Crippen LogP contribution < -0.4 is 5.32 Å². The fourth-order valence-corrected chi connectivity index (χ4v) is 3.94. The van der Waals surface area contributed by atoms with E-state index < -0.39 is 0 Å². The molecule has 1 N–H and O–H groups in total. The van der Waals surface area contributed by atoms with E-state index in [1.54, 1.807) is 0 Å². The first kappa shape index (κ1) is 15.6. The quantitative estimate of drug-likeness (QED) is 0.782. The third kappa shape index (κ3) is 3.66. The highest BCUT2D eigenvalue weighted by molar-refractivity contribution is 9.10. The molecule has 0 aromatic heterocycles. The molecule has 2 aromatic rings. The highest BCUT2D eigenvalue weighted by atomic mass is 79.9. The smallest absolute Gasteiger partial charge is 0.0300 e. The average molecular weight is 350 g/mol. The van der Waals surface area contributed by atoms with E-state index in [2.05, 4.69) is 78.4 Å². The molecule has 0 aliphatic carbocycles. The van der Waals surface area contributed by atoms with Gasteiger partial charge in [0.25, 0.3) is 0 Å². The van der Waals surface area contributed by atoms with Crippen LogP contribution in [0.5, 0.6) is 0 Å². The maximum absolute atomic E-state index is 3.68. The molecule has 0 saturated heterocycles. The second-order valence-corrected chi connectivity index (χ2v) is 7.03. The molecule has 1 nitrogen and oxygen atoms in total. The van der Waals surface area contributed by atoms with E-state index in [0.717, 1.165) is 4.47 Å². The molecule has 20 heavy (non-hydrogen) atoms. The number of nitrogens with one attached hydrogen (secondary N) is 1. The van der Waals surface area contributed by atoms with Gasteiger partial charge in [-0.2, -0.15) is 0 Å². The summed E-state index contributed by atoms with van der Waals surface area (Å²) >= 11 is 5.50. The Hall–Kier alpha value is -0.770. The van der Waals surface area contributed by atoms with E-state index in [-0.39, 0.29) is 0 Å². The first-order chi connectivity index (χ1) is 9.51. The molecule has 0 fully saturated rings. The molecule has 0 bridgehead atoms. The van der Waals surface area contributed by atoms with E-state index in [0.29, 0.717) is 6.04 Å². The van der Waals surface area contributed by atoms with E-state index in [1.165, 1.54) is 26.5 Å². The minimum Gasteiger partial charge on any atom is -0.313 e.